The molecule has 8 rings (SSSR count). The summed E-state index contributed by atoms with van der Waals surface area (Å²) in [5, 5.41) is 9.65. The fourth-order valence-corrected chi connectivity index (χ4v) is 7.05. The van der Waals surface area contributed by atoms with Gasteiger partial charge in [-0.1, -0.05) is 46.4 Å². The average Bonchev–Trinajstić information content (AvgIpc) is 3.78. The number of furan rings is 2. The van der Waals surface area contributed by atoms with Crippen LogP contribution < -0.4 is 31.2 Å². The number of benzene rings is 4. The number of nitrogens with zero attached hydrogens (tertiary/aromatic N) is 2. The minimum absolute atomic E-state index is 0.104. The summed E-state index contributed by atoms with van der Waals surface area (Å²) >= 11 is 24.4. The SMILES string of the molecule is COc1ccc(C(=O)Nc2c(Cl)cncc2Cl)c2c1oc1ccc(N)cc12.COc1ccc(C(=O)Nc2c(Cl)cncc2Cl)c2c1oc1ccc(NC(=O)C(F)(F)F)cc12. The average molecular weight is 900 g/mol. The number of nitrogens with one attached hydrogen (secondary N) is 3. The highest BCUT2D eigenvalue weighted by molar-refractivity contribution is 6.41. The maximum absolute atomic E-state index is 13.1. The Bertz CT molecular complexity index is 2990. The second-order valence-electron chi connectivity index (χ2n) is 12.5. The molecule has 13 nitrogen and oxygen atoms in total. The van der Waals surface area contributed by atoms with Crippen LogP contribution in [-0.2, 0) is 4.79 Å². The zero-order valence-corrected chi connectivity index (χ0v) is 33.6. The molecule has 8 aromatic rings. The first kappa shape index (κ1) is 41.7. The van der Waals surface area contributed by atoms with E-state index in [0.29, 0.717) is 44.7 Å². The fourth-order valence-electron chi connectivity index (χ4n) is 6.13. The van der Waals surface area contributed by atoms with Crippen molar-refractivity contribution >= 4 is 131 Å². The fraction of sp³-hybridized carbons (Fsp3) is 0.0750. The third-order valence-electron chi connectivity index (χ3n) is 8.82. The van der Waals surface area contributed by atoms with E-state index in [1.807, 2.05) is 0 Å². The zero-order valence-electron chi connectivity index (χ0n) is 30.6. The van der Waals surface area contributed by atoms with Crippen molar-refractivity contribution in [3.63, 3.8) is 0 Å². The third-order valence-corrected chi connectivity index (χ3v) is 9.96. The summed E-state index contributed by atoms with van der Waals surface area (Å²) in [6.45, 7) is 0. The van der Waals surface area contributed by atoms with Crippen LogP contribution in [0.25, 0.3) is 43.9 Å². The molecule has 0 bridgehead atoms. The lowest BCUT2D eigenvalue weighted by Crippen LogP contribution is -2.29. The molecule has 4 aromatic carbocycles. The standard InChI is InChI=1S/C21H12Cl2F3N3O4.C19H13Cl2N3O3/c1-32-15-5-3-10(19(30)29-17-12(22)7-27-8-13(17)23)16-11-6-9(28-20(31)21(24,25)26)2-4-14(11)33-18(15)16;1-26-15-5-3-10(19(25)24-17-12(20)7-23-8-13(17)21)16-11-6-9(22)2-4-14(11)27-18(15)16/h2-8H,1H3,(H,28,31)(H,27,29,30);2-8H,22H2,1H3,(H,23,24,25). The molecule has 0 aliphatic rings. The minimum Gasteiger partial charge on any atom is -0.493 e. The van der Waals surface area contributed by atoms with Crippen molar-refractivity contribution in [1.29, 1.82) is 0 Å². The minimum atomic E-state index is -5.06. The molecule has 0 spiro atoms. The largest absolute Gasteiger partial charge is 0.493 e. The van der Waals surface area contributed by atoms with Gasteiger partial charge in [-0.25, -0.2) is 0 Å². The summed E-state index contributed by atoms with van der Waals surface area (Å²) in [5.41, 5.74) is 8.73. The smallest absolute Gasteiger partial charge is 0.471 e. The van der Waals surface area contributed by atoms with E-state index in [-0.39, 0.29) is 64.7 Å². The number of ether oxygens (including phenoxy) is 2. The molecule has 0 atom stereocenters. The van der Waals surface area contributed by atoms with Crippen LogP contribution in [0.3, 0.4) is 0 Å². The molecule has 0 aliphatic carbocycles. The first-order valence-electron chi connectivity index (χ1n) is 17.0. The Hall–Kier alpha value is -6.46. The number of pyridine rings is 2. The molecular weight excluding hydrogens is 875 g/mol. The van der Waals surface area contributed by atoms with E-state index in [1.165, 1.54) is 69.3 Å². The molecule has 0 saturated carbocycles. The quantitative estimate of drug-likeness (QED) is 0.112. The maximum atomic E-state index is 13.1. The number of methoxy groups -OCH3 is 2. The van der Waals surface area contributed by atoms with Crippen LogP contribution in [0, 0.1) is 0 Å². The lowest BCUT2D eigenvalue weighted by Gasteiger charge is -2.11. The van der Waals surface area contributed by atoms with E-state index < -0.39 is 23.9 Å². The van der Waals surface area contributed by atoms with Crippen LogP contribution in [0.15, 0.2) is 94.3 Å². The highest BCUT2D eigenvalue weighted by Gasteiger charge is 2.38. The molecule has 5 N–H and O–H groups in total. The number of hydrogen-bond acceptors (Lipinski definition) is 10. The summed E-state index contributed by atoms with van der Waals surface area (Å²) in [6.07, 6.45) is 0.344. The molecule has 306 valence electrons. The number of nitrogens with two attached hydrogens (primary N) is 1. The number of nitrogen functional groups attached to an aromatic ring is 1. The number of amides is 3. The number of anilines is 4. The Morgan fingerprint density at radius 1 is 0.633 bits per heavy atom. The number of alkyl halides is 3. The van der Waals surface area contributed by atoms with Gasteiger partial charge in [0.1, 0.15) is 11.2 Å². The summed E-state index contributed by atoms with van der Waals surface area (Å²) in [5.74, 6) is -2.35. The first-order valence-corrected chi connectivity index (χ1v) is 18.5. The Morgan fingerprint density at radius 2 is 1.07 bits per heavy atom. The highest BCUT2D eigenvalue weighted by atomic mass is 35.5. The van der Waals surface area contributed by atoms with Gasteiger partial charge in [-0.05, 0) is 60.7 Å². The summed E-state index contributed by atoms with van der Waals surface area (Å²) in [7, 11) is 2.93. The van der Waals surface area contributed by atoms with Crippen molar-refractivity contribution in [3.05, 3.63) is 117 Å². The topological polar surface area (TPSA) is 184 Å². The maximum Gasteiger partial charge on any atom is 0.471 e. The van der Waals surface area contributed by atoms with E-state index in [1.54, 1.807) is 35.6 Å². The van der Waals surface area contributed by atoms with Crippen molar-refractivity contribution < 1.29 is 45.9 Å². The molecule has 4 heterocycles. The predicted molar refractivity (Wildman–Crippen MR) is 224 cm³/mol. The van der Waals surface area contributed by atoms with Crippen molar-refractivity contribution in [3.8, 4) is 11.5 Å². The summed E-state index contributed by atoms with van der Waals surface area (Å²) < 4.78 is 60.3. The van der Waals surface area contributed by atoms with E-state index in [4.69, 9.17) is 70.4 Å². The predicted octanol–water partition coefficient (Wildman–Crippen LogP) is 11.2. The number of hydrogen-bond donors (Lipinski definition) is 4. The number of halogens is 7. The number of fused-ring (bicyclic) bond motifs is 6. The highest BCUT2D eigenvalue weighted by Crippen LogP contribution is 2.41. The van der Waals surface area contributed by atoms with Gasteiger partial charge in [-0.15, -0.1) is 0 Å². The van der Waals surface area contributed by atoms with Gasteiger partial charge in [0.25, 0.3) is 11.8 Å². The molecule has 0 fully saturated rings. The molecular formula is C40H25Cl4F3N6O7. The van der Waals surface area contributed by atoms with E-state index in [0.717, 1.165) is 0 Å². The van der Waals surface area contributed by atoms with Crippen LogP contribution in [0.2, 0.25) is 20.1 Å². The van der Waals surface area contributed by atoms with Crippen LogP contribution in [-0.4, -0.2) is 48.1 Å². The van der Waals surface area contributed by atoms with Crippen LogP contribution in [0.4, 0.5) is 35.9 Å². The lowest BCUT2D eigenvalue weighted by molar-refractivity contribution is -0.167. The summed E-state index contributed by atoms with van der Waals surface area (Å²) in [4.78, 5) is 45.2. The Kier molecular flexibility index (Phi) is 11.6. The third kappa shape index (κ3) is 8.09. The van der Waals surface area contributed by atoms with Crippen molar-refractivity contribution in [2.24, 2.45) is 0 Å². The normalized spacial score (nSPS) is 11.3. The molecule has 4 aromatic heterocycles. The molecule has 0 radical (unpaired) electrons. The monoisotopic (exact) mass is 898 g/mol. The van der Waals surface area contributed by atoms with Gasteiger partial charge in [0.05, 0.1) is 56.8 Å². The molecule has 0 aliphatic heterocycles. The summed E-state index contributed by atoms with van der Waals surface area (Å²) in [6, 6.07) is 15.4. The number of carbonyl (C=O) groups is 3. The molecule has 0 unspecified atom stereocenters. The first-order chi connectivity index (χ1) is 28.6. The van der Waals surface area contributed by atoms with Crippen LogP contribution in [0.5, 0.6) is 11.5 Å². The van der Waals surface area contributed by atoms with Gasteiger partial charge in [-0.3, -0.25) is 24.4 Å². The van der Waals surface area contributed by atoms with Crippen LogP contribution >= 0.6 is 46.4 Å². The van der Waals surface area contributed by atoms with Gasteiger partial charge < -0.3 is 40.0 Å². The van der Waals surface area contributed by atoms with Gasteiger partial charge in [0.2, 0.25) is 0 Å². The van der Waals surface area contributed by atoms with E-state index in [2.05, 4.69) is 20.6 Å². The Balaban J connectivity index is 0.000000185. The molecule has 20 heteroatoms. The molecule has 60 heavy (non-hydrogen) atoms. The van der Waals surface area contributed by atoms with Gasteiger partial charge >= 0.3 is 12.1 Å². The Labute approximate surface area is 355 Å². The van der Waals surface area contributed by atoms with Gasteiger partial charge in [0, 0.05) is 57.7 Å². The van der Waals surface area contributed by atoms with Crippen LogP contribution in [0.1, 0.15) is 20.7 Å². The van der Waals surface area contributed by atoms with Crippen molar-refractivity contribution in [2.75, 3.05) is 35.9 Å². The van der Waals surface area contributed by atoms with Crippen molar-refractivity contribution in [2.45, 2.75) is 6.18 Å². The molecule has 3 amide bonds. The second-order valence-corrected chi connectivity index (χ2v) is 14.2. The zero-order chi connectivity index (χ0) is 43.0. The van der Waals surface area contributed by atoms with Gasteiger partial charge in [-0.2, -0.15) is 13.2 Å². The number of rotatable bonds is 7. The second kappa shape index (κ2) is 16.7. The molecule has 0 saturated heterocycles. The van der Waals surface area contributed by atoms with E-state index >= 15 is 0 Å². The Morgan fingerprint density at radius 3 is 1.50 bits per heavy atom. The lowest BCUT2D eigenvalue weighted by atomic mass is 10.0. The van der Waals surface area contributed by atoms with Crippen molar-refractivity contribution in [1.82, 2.24) is 9.97 Å². The van der Waals surface area contributed by atoms with Gasteiger partial charge in [0.15, 0.2) is 22.7 Å². The number of carbonyl (C=O) groups excluding carboxylic acids is 3. The number of aromatic nitrogens is 2. The van der Waals surface area contributed by atoms with E-state index in [9.17, 15) is 27.6 Å².